The maximum atomic E-state index is 12.4. The maximum absolute atomic E-state index is 12.4. The number of halogens is 1. The highest BCUT2D eigenvalue weighted by Gasteiger charge is 2.24. The fourth-order valence-electron chi connectivity index (χ4n) is 2.50. The van der Waals surface area contributed by atoms with Crippen LogP contribution >= 0.6 is 22.9 Å². The lowest BCUT2D eigenvalue weighted by atomic mass is 10.2. The largest absolute Gasteiger partial charge is 0.368 e. The molecule has 21 heavy (non-hydrogen) atoms. The Balaban J connectivity index is 1.65. The first-order valence-corrected chi connectivity index (χ1v) is 8.11. The van der Waals surface area contributed by atoms with Gasteiger partial charge in [-0.3, -0.25) is 4.79 Å². The van der Waals surface area contributed by atoms with Gasteiger partial charge in [0.1, 0.15) is 5.69 Å². The number of nitrogens with zero attached hydrogens (tertiary/aromatic N) is 3. The number of rotatable bonds is 2. The van der Waals surface area contributed by atoms with E-state index in [9.17, 15) is 4.79 Å². The third-order valence-electron chi connectivity index (χ3n) is 3.69. The minimum Gasteiger partial charge on any atom is -0.368 e. The van der Waals surface area contributed by atoms with E-state index in [1.807, 2.05) is 36.1 Å². The van der Waals surface area contributed by atoms with E-state index in [0.717, 1.165) is 28.7 Å². The third kappa shape index (κ3) is 3.04. The molecule has 0 unspecified atom stereocenters. The minimum atomic E-state index is 0.0412. The van der Waals surface area contributed by atoms with Crippen molar-refractivity contribution in [2.24, 2.45) is 0 Å². The molecule has 0 atom stereocenters. The summed E-state index contributed by atoms with van der Waals surface area (Å²) in [7, 11) is 0. The van der Waals surface area contributed by atoms with Gasteiger partial charge in [0.2, 0.25) is 0 Å². The number of amides is 1. The molecule has 1 aliphatic heterocycles. The number of thiazole rings is 1. The number of aryl methyl sites for hydroxylation is 1. The molecule has 110 valence electrons. The second-order valence-electron chi connectivity index (χ2n) is 5.02. The van der Waals surface area contributed by atoms with Gasteiger partial charge < -0.3 is 9.80 Å². The molecule has 1 aromatic carbocycles. The molecule has 0 N–H and O–H groups in total. The molecule has 0 saturated carbocycles. The van der Waals surface area contributed by atoms with Gasteiger partial charge in [0.15, 0.2) is 0 Å². The SMILES string of the molecule is Cc1scnc1C(=O)N1CCN(c2cccc(Cl)c2)CC1. The van der Waals surface area contributed by atoms with E-state index >= 15 is 0 Å². The summed E-state index contributed by atoms with van der Waals surface area (Å²) in [6, 6.07) is 7.83. The van der Waals surface area contributed by atoms with Crippen LogP contribution in [0.1, 0.15) is 15.4 Å². The number of piperazine rings is 1. The Labute approximate surface area is 133 Å². The summed E-state index contributed by atoms with van der Waals surface area (Å²) < 4.78 is 0. The van der Waals surface area contributed by atoms with Crippen LogP contribution in [0.15, 0.2) is 29.8 Å². The Bertz CT molecular complexity index is 650. The highest BCUT2D eigenvalue weighted by molar-refractivity contribution is 7.09. The summed E-state index contributed by atoms with van der Waals surface area (Å²) in [6.07, 6.45) is 0. The standard InChI is InChI=1S/C15H16ClN3OS/c1-11-14(17-10-21-11)15(20)19-7-5-18(6-8-19)13-4-2-3-12(16)9-13/h2-4,9-10H,5-8H2,1H3. The summed E-state index contributed by atoms with van der Waals surface area (Å²) in [5.41, 5.74) is 3.43. The van der Waals surface area contributed by atoms with Crippen molar-refractivity contribution in [3.05, 3.63) is 45.4 Å². The zero-order chi connectivity index (χ0) is 14.8. The Hall–Kier alpha value is -1.59. The average Bonchev–Trinajstić information content (AvgIpc) is 2.93. The zero-order valence-electron chi connectivity index (χ0n) is 11.8. The van der Waals surface area contributed by atoms with Crippen molar-refractivity contribution in [1.29, 1.82) is 0 Å². The summed E-state index contributed by atoms with van der Waals surface area (Å²) in [5.74, 6) is 0.0412. The maximum Gasteiger partial charge on any atom is 0.273 e. The molecule has 6 heteroatoms. The third-order valence-corrected chi connectivity index (χ3v) is 4.68. The fraction of sp³-hybridized carbons (Fsp3) is 0.333. The first-order valence-electron chi connectivity index (χ1n) is 6.85. The Kier molecular flexibility index (Phi) is 4.12. The van der Waals surface area contributed by atoms with E-state index in [2.05, 4.69) is 9.88 Å². The Morgan fingerprint density at radius 2 is 2.05 bits per heavy atom. The number of benzene rings is 1. The number of aromatic nitrogens is 1. The van der Waals surface area contributed by atoms with E-state index < -0.39 is 0 Å². The summed E-state index contributed by atoms with van der Waals surface area (Å²) in [5, 5.41) is 0.740. The molecule has 0 spiro atoms. The number of carbonyl (C=O) groups is 1. The van der Waals surface area contributed by atoms with Crippen molar-refractivity contribution in [1.82, 2.24) is 9.88 Å². The van der Waals surface area contributed by atoms with Crippen molar-refractivity contribution in [2.45, 2.75) is 6.92 Å². The molecule has 0 bridgehead atoms. The van der Waals surface area contributed by atoms with E-state index in [4.69, 9.17) is 11.6 Å². The fourth-order valence-corrected chi connectivity index (χ4v) is 3.25. The molecule has 0 radical (unpaired) electrons. The Morgan fingerprint density at radius 3 is 2.67 bits per heavy atom. The Morgan fingerprint density at radius 1 is 1.29 bits per heavy atom. The molecule has 1 fully saturated rings. The van der Waals surface area contributed by atoms with Crippen LogP contribution in [-0.4, -0.2) is 42.0 Å². The predicted molar refractivity (Wildman–Crippen MR) is 86.4 cm³/mol. The molecule has 1 saturated heterocycles. The highest BCUT2D eigenvalue weighted by atomic mass is 35.5. The zero-order valence-corrected chi connectivity index (χ0v) is 13.3. The normalized spacial score (nSPS) is 15.3. The van der Waals surface area contributed by atoms with E-state index in [-0.39, 0.29) is 5.91 Å². The van der Waals surface area contributed by atoms with Gasteiger partial charge in [-0.05, 0) is 25.1 Å². The molecule has 4 nitrogen and oxygen atoms in total. The molecule has 1 aromatic heterocycles. The van der Waals surface area contributed by atoms with Gasteiger partial charge >= 0.3 is 0 Å². The van der Waals surface area contributed by atoms with Crippen LogP contribution in [-0.2, 0) is 0 Å². The van der Waals surface area contributed by atoms with Crippen LogP contribution in [0.2, 0.25) is 5.02 Å². The minimum absolute atomic E-state index is 0.0412. The molecule has 0 aliphatic carbocycles. The first-order chi connectivity index (χ1) is 10.1. The van der Waals surface area contributed by atoms with Crippen molar-refractivity contribution in [3.63, 3.8) is 0 Å². The second kappa shape index (κ2) is 6.03. The van der Waals surface area contributed by atoms with Gasteiger partial charge in [0, 0.05) is 41.8 Å². The van der Waals surface area contributed by atoms with Gasteiger partial charge in [0.05, 0.1) is 5.51 Å². The summed E-state index contributed by atoms with van der Waals surface area (Å²) in [4.78, 5) is 21.7. The van der Waals surface area contributed by atoms with Gasteiger partial charge in [-0.25, -0.2) is 4.98 Å². The van der Waals surface area contributed by atoms with E-state index in [1.54, 1.807) is 5.51 Å². The number of hydrogen-bond acceptors (Lipinski definition) is 4. The topological polar surface area (TPSA) is 36.4 Å². The van der Waals surface area contributed by atoms with Crippen LogP contribution in [0.4, 0.5) is 5.69 Å². The molecular weight excluding hydrogens is 306 g/mol. The lowest BCUT2D eigenvalue weighted by Crippen LogP contribution is -2.49. The molecular formula is C15H16ClN3OS. The smallest absolute Gasteiger partial charge is 0.273 e. The van der Waals surface area contributed by atoms with Gasteiger partial charge in [-0.2, -0.15) is 0 Å². The van der Waals surface area contributed by atoms with Crippen molar-refractivity contribution in [3.8, 4) is 0 Å². The molecule has 3 rings (SSSR count). The lowest BCUT2D eigenvalue weighted by molar-refractivity contribution is 0.0741. The number of carbonyl (C=O) groups excluding carboxylic acids is 1. The number of anilines is 1. The predicted octanol–water partition coefficient (Wildman–Crippen LogP) is 3.07. The van der Waals surface area contributed by atoms with E-state index in [0.29, 0.717) is 18.8 Å². The van der Waals surface area contributed by atoms with Gasteiger partial charge in [-0.15, -0.1) is 11.3 Å². The van der Waals surface area contributed by atoms with Gasteiger partial charge in [0.25, 0.3) is 5.91 Å². The van der Waals surface area contributed by atoms with Crippen molar-refractivity contribution < 1.29 is 4.79 Å². The van der Waals surface area contributed by atoms with Crippen molar-refractivity contribution in [2.75, 3.05) is 31.1 Å². The van der Waals surface area contributed by atoms with Crippen LogP contribution in [0.25, 0.3) is 0 Å². The molecule has 1 aliphatic rings. The van der Waals surface area contributed by atoms with Crippen LogP contribution in [0.3, 0.4) is 0 Å². The number of hydrogen-bond donors (Lipinski definition) is 0. The first kappa shape index (κ1) is 14.4. The van der Waals surface area contributed by atoms with Crippen LogP contribution in [0.5, 0.6) is 0 Å². The van der Waals surface area contributed by atoms with Crippen LogP contribution in [0, 0.1) is 6.92 Å². The molecule has 1 amide bonds. The quantitative estimate of drug-likeness (QED) is 0.853. The molecule has 2 aromatic rings. The van der Waals surface area contributed by atoms with Gasteiger partial charge in [-0.1, -0.05) is 17.7 Å². The average molecular weight is 322 g/mol. The summed E-state index contributed by atoms with van der Waals surface area (Å²) >= 11 is 7.54. The monoisotopic (exact) mass is 321 g/mol. The van der Waals surface area contributed by atoms with E-state index in [1.165, 1.54) is 11.3 Å². The summed E-state index contributed by atoms with van der Waals surface area (Å²) in [6.45, 7) is 4.99. The van der Waals surface area contributed by atoms with Crippen molar-refractivity contribution >= 4 is 34.5 Å². The second-order valence-corrected chi connectivity index (χ2v) is 6.51. The van der Waals surface area contributed by atoms with Crippen LogP contribution < -0.4 is 4.90 Å². The highest BCUT2D eigenvalue weighted by Crippen LogP contribution is 2.21. The molecule has 2 heterocycles. The lowest BCUT2D eigenvalue weighted by Gasteiger charge is -2.36.